The summed E-state index contributed by atoms with van der Waals surface area (Å²) in [5, 5.41) is 6.63. The molecule has 4 nitrogen and oxygen atoms in total. The number of hydrogen-bond donors (Lipinski definition) is 2. The first kappa shape index (κ1) is 16.5. The van der Waals surface area contributed by atoms with Gasteiger partial charge in [-0.25, -0.2) is 4.98 Å². The summed E-state index contributed by atoms with van der Waals surface area (Å²) in [6.45, 7) is 4.14. The normalized spacial score (nSPS) is 10.7. The maximum Gasteiger partial charge on any atom is 0.225 e. The minimum Gasteiger partial charge on any atom is -0.352 e. The van der Waals surface area contributed by atoms with Gasteiger partial charge < -0.3 is 10.6 Å². The standard InChI is InChI=1S/C19H19BrN4/c1-13(2)21-19-23-17(14-7-4-3-5-8-14)12-18(24-19)22-16-10-6-9-15(20)11-16/h3-13H,1-2H3,(H2,21,22,23,24). The van der Waals surface area contributed by atoms with Gasteiger partial charge in [-0.1, -0.05) is 52.3 Å². The van der Waals surface area contributed by atoms with Crippen molar-refractivity contribution in [1.29, 1.82) is 0 Å². The van der Waals surface area contributed by atoms with E-state index < -0.39 is 0 Å². The Morgan fingerprint density at radius 1 is 0.917 bits per heavy atom. The van der Waals surface area contributed by atoms with Crippen molar-refractivity contribution >= 4 is 33.4 Å². The van der Waals surface area contributed by atoms with E-state index in [1.807, 2.05) is 60.7 Å². The average Bonchev–Trinajstić information content (AvgIpc) is 2.55. The van der Waals surface area contributed by atoms with Gasteiger partial charge in [-0.15, -0.1) is 0 Å². The third-order valence-corrected chi connectivity index (χ3v) is 3.80. The van der Waals surface area contributed by atoms with Gasteiger partial charge in [-0.2, -0.15) is 4.98 Å². The Hall–Kier alpha value is -2.40. The third-order valence-electron chi connectivity index (χ3n) is 3.31. The van der Waals surface area contributed by atoms with E-state index in [0.717, 1.165) is 27.2 Å². The van der Waals surface area contributed by atoms with E-state index in [1.54, 1.807) is 0 Å². The Morgan fingerprint density at radius 3 is 2.42 bits per heavy atom. The van der Waals surface area contributed by atoms with Crippen LogP contribution in [0.1, 0.15) is 13.8 Å². The monoisotopic (exact) mass is 382 g/mol. The lowest BCUT2D eigenvalue weighted by molar-refractivity contribution is 0.876. The first-order chi connectivity index (χ1) is 11.6. The molecule has 0 saturated heterocycles. The summed E-state index contributed by atoms with van der Waals surface area (Å²) in [7, 11) is 0. The highest BCUT2D eigenvalue weighted by atomic mass is 79.9. The number of anilines is 3. The molecule has 24 heavy (non-hydrogen) atoms. The Balaban J connectivity index is 1.98. The van der Waals surface area contributed by atoms with Crippen molar-refractivity contribution in [3.63, 3.8) is 0 Å². The summed E-state index contributed by atoms with van der Waals surface area (Å²) in [5.74, 6) is 1.37. The molecular formula is C19H19BrN4. The molecule has 5 heteroatoms. The average molecular weight is 383 g/mol. The number of nitrogens with zero attached hydrogens (tertiary/aromatic N) is 2. The summed E-state index contributed by atoms with van der Waals surface area (Å²) < 4.78 is 1.02. The summed E-state index contributed by atoms with van der Waals surface area (Å²) in [6, 6.07) is 20.3. The van der Waals surface area contributed by atoms with Gasteiger partial charge in [0.1, 0.15) is 5.82 Å². The second-order valence-corrected chi connectivity index (χ2v) is 6.68. The molecule has 0 unspecified atom stereocenters. The molecule has 122 valence electrons. The lowest BCUT2D eigenvalue weighted by Crippen LogP contribution is -2.13. The van der Waals surface area contributed by atoms with Crippen LogP contribution in [0.3, 0.4) is 0 Å². The Bertz CT molecular complexity index is 819. The minimum atomic E-state index is 0.259. The second-order valence-electron chi connectivity index (χ2n) is 5.76. The van der Waals surface area contributed by atoms with Crippen LogP contribution >= 0.6 is 15.9 Å². The number of hydrogen-bond acceptors (Lipinski definition) is 4. The Morgan fingerprint density at radius 2 is 1.71 bits per heavy atom. The van der Waals surface area contributed by atoms with Crippen LogP contribution in [0.25, 0.3) is 11.3 Å². The predicted molar refractivity (Wildman–Crippen MR) is 104 cm³/mol. The molecule has 0 saturated carbocycles. The van der Waals surface area contributed by atoms with E-state index in [4.69, 9.17) is 0 Å². The van der Waals surface area contributed by atoms with Crippen LogP contribution in [0.5, 0.6) is 0 Å². The third kappa shape index (κ3) is 4.32. The van der Waals surface area contributed by atoms with Gasteiger partial charge >= 0.3 is 0 Å². The van der Waals surface area contributed by atoms with Crippen LogP contribution in [-0.4, -0.2) is 16.0 Å². The Labute approximate surface area is 150 Å². The van der Waals surface area contributed by atoms with E-state index in [-0.39, 0.29) is 6.04 Å². The lowest BCUT2D eigenvalue weighted by atomic mass is 10.1. The molecule has 0 atom stereocenters. The zero-order chi connectivity index (χ0) is 16.9. The largest absolute Gasteiger partial charge is 0.352 e. The van der Waals surface area contributed by atoms with E-state index in [2.05, 4.69) is 50.4 Å². The molecular weight excluding hydrogens is 364 g/mol. The van der Waals surface area contributed by atoms with Crippen molar-refractivity contribution < 1.29 is 0 Å². The smallest absolute Gasteiger partial charge is 0.225 e. The molecule has 0 aliphatic carbocycles. The van der Waals surface area contributed by atoms with Gasteiger partial charge in [0.2, 0.25) is 5.95 Å². The first-order valence-corrected chi connectivity index (χ1v) is 8.63. The second kappa shape index (κ2) is 7.45. The fraction of sp³-hybridized carbons (Fsp3) is 0.158. The van der Waals surface area contributed by atoms with Crippen LogP contribution < -0.4 is 10.6 Å². The Kier molecular flexibility index (Phi) is 5.11. The quantitative estimate of drug-likeness (QED) is 0.614. The molecule has 0 amide bonds. The number of benzene rings is 2. The first-order valence-electron chi connectivity index (χ1n) is 7.84. The molecule has 3 aromatic rings. The van der Waals surface area contributed by atoms with Gasteiger partial charge in [0.05, 0.1) is 5.69 Å². The SMILES string of the molecule is CC(C)Nc1nc(Nc2cccc(Br)c2)cc(-c2ccccc2)n1. The zero-order valence-corrected chi connectivity index (χ0v) is 15.2. The van der Waals surface area contributed by atoms with Crippen molar-refractivity contribution in [3.05, 3.63) is 65.1 Å². The van der Waals surface area contributed by atoms with Gasteiger partial charge in [0.25, 0.3) is 0 Å². The minimum absolute atomic E-state index is 0.259. The summed E-state index contributed by atoms with van der Waals surface area (Å²) >= 11 is 3.49. The number of nitrogens with one attached hydrogen (secondary N) is 2. The van der Waals surface area contributed by atoms with Crippen molar-refractivity contribution in [2.75, 3.05) is 10.6 Å². The molecule has 1 aromatic heterocycles. The maximum absolute atomic E-state index is 4.63. The van der Waals surface area contributed by atoms with E-state index >= 15 is 0 Å². The van der Waals surface area contributed by atoms with E-state index in [9.17, 15) is 0 Å². The molecule has 0 spiro atoms. The van der Waals surface area contributed by atoms with Crippen LogP contribution in [-0.2, 0) is 0 Å². The summed E-state index contributed by atoms with van der Waals surface area (Å²) in [6.07, 6.45) is 0. The van der Waals surface area contributed by atoms with Crippen LogP contribution in [0, 0.1) is 0 Å². The topological polar surface area (TPSA) is 49.8 Å². The molecule has 1 heterocycles. The van der Waals surface area contributed by atoms with Crippen LogP contribution in [0.4, 0.5) is 17.5 Å². The number of rotatable bonds is 5. The summed E-state index contributed by atoms with van der Waals surface area (Å²) in [4.78, 5) is 9.21. The predicted octanol–water partition coefficient (Wildman–Crippen LogP) is 5.47. The molecule has 3 rings (SSSR count). The van der Waals surface area contributed by atoms with E-state index in [0.29, 0.717) is 5.95 Å². The van der Waals surface area contributed by atoms with Crippen molar-refractivity contribution in [1.82, 2.24) is 9.97 Å². The summed E-state index contributed by atoms with van der Waals surface area (Å²) in [5.41, 5.74) is 2.91. The maximum atomic E-state index is 4.63. The van der Waals surface area contributed by atoms with E-state index in [1.165, 1.54) is 0 Å². The molecule has 0 aliphatic heterocycles. The van der Waals surface area contributed by atoms with Crippen molar-refractivity contribution in [3.8, 4) is 11.3 Å². The van der Waals surface area contributed by atoms with Crippen LogP contribution in [0.15, 0.2) is 65.1 Å². The number of aromatic nitrogens is 2. The highest BCUT2D eigenvalue weighted by molar-refractivity contribution is 9.10. The molecule has 0 aliphatic rings. The fourth-order valence-electron chi connectivity index (χ4n) is 2.30. The molecule has 0 fully saturated rings. The molecule has 2 N–H and O–H groups in total. The van der Waals surface area contributed by atoms with Crippen LogP contribution in [0.2, 0.25) is 0 Å². The number of halogens is 1. The highest BCUT2D eigenvalue weighted by Gasteiger charge is 2.08. The fourth-order valence-corrected chi connectivity index (χ4v) is 2.70. The molecule has 0 radical (unpaired) electrons. The lowest BCUT2D eigenvalue weighted by Gasteiger charge is -2.13. The zero-order valence-electron chi connectivity index (χ0n) is 13.6. The van der Waals surface area contributed by atoms with Gasteiger partial charge in [-0.05, 0) is 32.0 Å². The van der Waals surface area contributed by atoms with Gasteiger partial charge in [0.15, 0.2) is 0 Å². The van der Waals surface area contributed by atoms with Gasteiger partial charge in [0, 0.05) is 27.8 Å². The van der Waals surface area contributed by atoms with Crippen molar-refractivity contribution in [2.24, 2.45) is 0 Å². The van der Waals surface area contributed by atoms with Gasteiger partial charge in [-0.3, -0.25) is 0 Å². The molecule has 2 aromatic carbocycles. The highest BCUT2D eigenvalue weighted by Crippen LogP contribution is 2.25. The van der Waals surface area contributed by atoms with Crippen molar-refractivity contribution in [2.45, 2.75) is 19.9 Å². The molecule has 0 bridgehead atoms.